The van der Waals surface area contributed by atoms with Crippen LogP contribution in [0.4, 0.5) is 5.82 Å². The average molecular weight is 584 g/mol. The van der Waals surface area contributed by atoms with E-state index in [4.69, 9.17) is 19.9 Å². The lowest BCUT2D eigenvalue weighted by Gasteiger charge is -2.26. The Morgan fingerprint density at radius 1 is 1.05 bits per heavy atom. The van der Waals surface area contributed by atoms with E-state index < -0.39 is 37.4 Å². The van der Waals surface area contributed by atoms with Gasteiger partial charge < -0.3 is 24.5 Å². The number of hydrogen-bond acceptors (Lipinski definition) is 10. The van der Waals surface area contributed by atoms with Crippen molar-refractivity contribution in [3.05, 3.63) is 12.7 Å². The molecule has 0 saturated heterocycles. The minimum atomic E-state index is -3.51. The molecule has 2 heterocycles. The lowest BCUT2D eigenvalue weighted by atomic mass is 10.2. The first-order valence-corrected chi connectivity index (χ1v) is 15.9. The fourth-order valence-corrected chi connectivity index (χ4v) is 5.83. The molecular formula is C26H46N7O6P. The Labute approximate surface area is 236 Å². The number of esters is 2. The van der Waals surface area contributed by atoms with Crippen LogP contribution < -0.4 is 15.9 Å². The van der Waals surface area contributed by atoms with Crippen molar-refractivity contribution < 1.29 is 28.4 Å². The van der Waals surface area contributed by atoms with Gasteiger partial charge in [0.2, 0.25) is 7.44 Å². The van der Waals surface area contributed by atoms with Crippen LogP contribution >= 0.6 is 7.44 Å². The lowest BCUT2D eigenvalue weighted by Crippen LogP contribution is -2.40. The molecule has 0 aliphatic carbocycles. The van der Waals surface area contributed by atoms with Gasteiger partial charge in [-0.1, -0.05) is 39.5 Å². The summed E-state index contributed by atoms with van der Waals surface area (Å²) < 4.78 is 32.3. The van der Waals surface area contributed by atoms with E-state index in [1.165, 1.54) is 6.33 Å². The molecule has 0 spiro atoms. The van der Waals surface area contributed by atoms with E-state index in [1.807, 2.05) is 6.92 Å². The predicted molar refractivity (Wildman–Crippen MR) is 153 cm³/mol. The molecule has 226 valence electrons. The second-order valence-electron chi connectivity index (χ2n) is 10.4. The lowest BCUT2D eigenvalue weighted by molar-refractivity contribution is -0.151. The van der Waals surface area contributed by atoms with Crippen molar-refractivity contribution in [2.75, 3.05) is 25.2 Å². The number of fused-ring (bicyclic) bond motifs is 1. The molecular weight excluding hydrogens is 537 g/mol. The summed E-state index contributed by atoms with van der Waals surface area (Å²) in [5.74, 6) is -1.20. The van der Waals surface area contributed by atoms with Crippen LogP contribution in [0.25, 0.3) is 11.2 Å². The van der Waals surface area contributed by atoms with Gasteiger partial charge in [0.05, 0.1) is 37.6 Å². The van der Waals surface area contributed by atoms with Crippen molar-refractivity contribution in [1.29, 1.82) is 0 Å². The van der Waals surface area contributed by atoms with Crippen molar-refractivity contribution in [3.63, 3.8) is 0 Å². The minimum absolute atomic E-state index is 0.0646. The molecule has 0 aliphatic heterocycles. The van der Waals surface area contributed by atoms with Gasteiger partial charge in [0, 0.05) is 6.54 Å². The number of anilines is 1. The van der Waals surface area contributed by atoms with Crippen LogP contribution in [-0.4, -0.2) is 69.2 Å². The number of nitrogen functional groups attached to an aromatic ring is 1. The van der Waals surface area contributed by atoms with E-state index in [9.17, 15) is 14.2 Å². The maximum Gasteiger partial charge on any atom is 0.323 e. The minimum Gasteiger partial charge on any atom is -0.465 e. The molecule has 13 nitrogen and oxygen atoms in total. The Morgan fingerprint density at radius 3 is 2.48 bits per heavy atom. The van der Waals surface area contributed by atoms with Crippen molar-refractivity contribution >= 4 is 36.4 Å². The Balaban J connectivity index is 2.01. The number of imidazole rings is 1. The van der Waals surface area contributed by atoms with Crippen LogP contribution in [0, 0.1) is 5.92 Å². The van der Waals surface area contributed by atoms with Crippen LogP contribution in [0.5, 0.6) is 0 Å². The Hall–Kier alpha value is -2.60. The van der Waals surface area contributed by atoms with Crippen LogP contribution in [0.1, 0.15) is 73.6 Å². The molecule has 4 atom stereocenters. The third-order valence-electron chi connectivity index (χ3n) is 6.08. The molecule has 0 aliphatic rings. The number of carbonyl (C=O) groups is 2. The Kier molecular flexibility index (Phi) is 14.0. The highest BCUT2D eigenvalue weighted by Gasteiger charge is 2.30. The Bertz CT molecular complexity index is 1130. The highest BCUT2D eigenvalue weighted by Crippen LogP contribution is 2.37. The van der Waals surface area contributed by atoms with Crippen LogP contribution in [0.3, 0.4) is 0 Å². The van der Waals surface area contributed by atoms with E-state index in [2.05, 4.69) is 32.1 Å². The number of rotatable bonds is 19. The third kappa shape index (κ3) is 11.1. The molecule has 0 saturated carbocycles. The number of unbranched alkanes of at least 4 members (excludes halogenated alkanes) is 4. The number of aromatic nitrogens is 4. The predicted octanol–water partition coefficient (Wildman–Crippen LogP) is 3.63. The van der Waals surface area contributed by atoms with Crippen molar-refractivity contribution in [3.8, 4) is 0 Å². The molecule has 2 aromatic heterocycles. The van der Waals surface area contributed by atoms with Gasteiger partial charge in [-0.2, -0.15) is 0 Å². The Morgan fingerprint density at radius 2 is 1.77 bits per heavy atom. The normalized spacial score (nSPS) is 15.5. The SMILES string of the molecule is CCCCCCCOC(=O)C(C)NP(=O)(COC(C)Cn1cnc2c(N)ncnc21)NCC(C)C(=O)OC(C)C. The van der Waals surface area contributed by atoms with Crippen LogP contribution in [-0.2, 0) is 34.9 Å². The summed E-state index contributed by atoms with van der Waals surface area (Å²) in [7, 11) is -3.51. The first-order valence-electron chi connectivity index (χ1n) is 14.0. The van der Waals surface area contributed by atoms with Crippen molar-refractivity contribution in [2.24, 2.45) is 5.92 Å². The quantitative estimate of drug-likeness (QED) is 0.125. The van der Waals surface area contributed by atoms with E-state index in [1.54, 1.807) is 38.6 Å². The summed E-state index contributed by atoms with van der Waals surface area (Å²) in [5, 5.41) is 5.81. The maximum absolute atomic E-state index is 13.9. The number of hydrogen-bond donors (Lipinski definition) is 3. The topological polar surface area (TPSA) is 173 Å². The maximum atomic E-state index is 13.9. The van der Waals surface area contributed by atoms with Crippen molar-refractivity contribution in [1.82, 2.24) is 29.7 Å². The zero-order valence-electron chi connectivity index (χ0n) is 24.6. The van der Waals surface area contributed by atoms with Crippen LogP contribution in [0.2, 0.25) is 0 Å². The first kappa shape index (κ1) is 33.6. The summed E-state index contributed by atoms with van der Waals surface area (Å²) >= 11 is 0. The molecule has 14 heteroatoms. The number of nitrogens with two attached hydrogens (primary N) is 1. The summed E-state index contributed by atoms with van der Waals surface area (Å²) in [5.41, 5.74) is 6.92. The van der Waals surface area contributed by atoms with Gasteiger partial charge in [0.25, 0.3) is 0 Å². The van der Waals surface area contributed by atoms with Crippen LogP contribution in [0.15, 0.2) is 12.7 Å². The largest absolute Gasteiger partial charge is 0.465 e. The average Bonchev–Trinajstić information content (AvgIpc) is 3.31. The van der Waals surface area contributed by atoms with E-state index >= 15 is 0 Å². The molecule has 40 heavy (non-hydrogen) atoms. The van der Waals surface area contributed by atoms with E-state index in [0.29, 0.717) is 24.3 Å². The van der Waals surface area contributed by atoms with E-state index in [0.717, 1.165) is 32.1 Å². The second kappa shape index (κ2) is 16.6. The summed E-state index contributed by atoms with van der Waals surface area (Å²) in [4.78, 5) is 37.3. The summed E-state index contributed by atoms with van der Waals surface area (Å²) in [6, 6.07) is -0.858. The molecule has 0 amide bonds. The number of nitrogens with one attached hydrogen (secondary N) is 2. The second-order valence-corrected chi connectivity index (χ2v) is 12.7. The number of ether oxygens (including phenoxy) is 3. The summed E-state index contributed by atoms with van der Waals surface area (Å²) in [6.45, 7) is 11.5. The monoisotopic (exact) mass is 583 g/mol. The molecule has 2 rings (SSSR count). The first-order chi connectivity index (χ1) is 19.0. The number of carbonyl (C=O) groups excluding carboxylic acids is 2. The molecule has 2 aromatic rings. The third-order valence-corrected chi connectivity index (χ3v) is 8.09. The molecule has 0 aromatic carbocycles. The molecule has 4 unspecified atom stereocenters. The zero-order valence-corrected chi connectivity index (χ0v) is 25.5. The smallest absolute Gasteiger partial charge is 0.323 e. The zero-order chi connectivity index (χ0) is 29.7. The van der Waals surface area contributed by atoms with Gasteiger partial charge in [-0.15, -0.1) is 0 Å². The fraction of sp³-hybridized carbons (Fsp3) is 0.731. The van der Waals surface area contributed by atoms with Gasteiger partial charge in [0.15, 0.2) is 11.5 Å². The molecule has 4 N–H and O–H groups in total. The molecule has 0 fully saturated rings. The van der Waals surface area contributed by atoms with Gasteiger partial charge in [0.1, 0.15) is 24.2 Å². The molecule has 0 radical (unpaired) electrons. The number of nitrogens with zero attached hydrogens (tertiary/aromatic N) is 4. The highest BCUT2D eigenvalue weighted by molar-refractivity contribution is 7.59. The van der Waals surface area contributed by atoms with Gasteiger partial charge in [-0.25, -0.2) is 20.0 Å². The van der Waals surface area contributed by atoms with Gasteiger partial charge >= 0.3 is 11.9 Å². The highest BCUT2D eigenvalue weighted by atomic mass is 31.2. The van der Waals surface area contributed by atoms with Gasteiger partial charge in [-0.3, -0.25) is 19.2 Å². The van der Waals surface area contributed by atoms with Crippen molar-refractivity contribution in [2.45, 2.75) is 98.4 Å². The standard InChI is InChI=1S/C26H46N7O6P/c1-7-8-9-10-11-12-37-26(35)21(6)32-40(36,31-13-19(4)25(34)39-18(2)3)17-38-20(5)14-33-16-30-22-23(27)28-15-29-24(22)33/h15-16,18-21H,7-14,17H2,1-6H3,(H2,27,28,29)(H2,31,32,36). The fourth-order valence-electron chi connectivity index (χ4n) is 3.81. The summed E-state index contributed by atoms with van der Waals surface area (Å²) in [6.07, 6.45) is 7.21. The molecule has 0 bridgehead atoms. The van der Waals surface area contributed by atoms with Gasteiger partial charge in [-0.05, 0) is 34.1 Å². The van der Waals surface area contributed by atoms with E-state index in [-0.39, 0.29) is 24.8 Å².